The number of ether oxygens (including phenoxy) is 2. The van der Waals surface area contributed by atoms with E-state index in [4.69, 9.17) is 14.5 Å². The van der Waals surface area contributed by atoms with Crippen molar-refractivity contribution in [1.29, 1.82) is 0 Å². The number of anilines is 1. The summed E-state index contributed by atoms with van der Waals surface area (Å²) >= 11 is 0. The Bertz CT molecular complexity index is 1600. The van der Waals surface area contributed by atoms with Crippen LogP contribution in [0, 0.1) is 0 Å². The van der Waals surface area contributed by atoms with Crippen molar-refractivity contribution >= 4 is 27.6 Å². The van der Waals surface area contributed by atoms with Crippen molar-refractivity contribution < 1.29 is 9.47 Å². The fourth-order valence-corrected chi connectivity index (χ4v) is 6.07. The molecule has 200 valence electrons. The van der Waals surface area contributed by atoms with Crippen LogP contribution in [0.25, 0.3) is 33.5 Å². The summed E-state index contributed by atoms with van der Waals surface area (Å²) in [5.74, 6) is 2.32. The summed E-state index contributed by atoms with van der Waals surface area (Å²) in [5, 5.41) is 8.66. The Morgan fingerprint density at radius 2 is 1.77 bits per heavy atom. The predicted molar refractivity (Wildman–Crippen MR) is 153 cm³/mol. The average Bonchev–Trinajstić information content (AvgIpc) is 3.62. The number of piperidine rings is 2. The van der Waals surface area contributed by atoms with Crippen molar-refractivity contribution in [2.75, 3.05) is 38.2 Å². The van der Waals surface area contributed by atoms with E-state index in [2.05, 4.69) is 48.2 Å². The summed E-state index contributed by atoms with van der Waals surface area (Å²) in [6.45, 7) is 4.75. The molecule has 0 amide bonds. The number of pyridine rings is 1. The van der Waals surface area contributed by atoms with Crippen LogP contribution in [0.4, 0.5) is 5.69 Å². The summed E-state index contributed by atoms with van der Waals surface area (Å²) in [6.07, 6.45) is 8.26. The van der Waals surface area contributed by atoms with Gasteiger partial charge in [-0.05, 0) is 75.2 Å². The molecule has 9 heteroatoms. The van der Waals surface area contributed by atoms with Gasteiger partial charge in [-0.3, -0.25) is 5.10 Å². The number of hydrogen-bond acceptors (Lipinski definition) is 7. The quantitative estimate of drug-likeness (QED) is 0.292. The third kappa shape index (κ3) is 4.57. The van der Waals surface area contributed by atoms with Crippen LogP contribution >= 0.6 is 0 Å². The first-order valence-electron chi connectivity index (χ1n) is 13.9. The van der Waals surface area contributed by atoms with Gasteiger partial charge in [0.15, 0.2) is 17.3 Å². The number of imidazole rings is 1. The molecule has 39 heavy (non-hydrogen) atoms. The smallest absolute Gasteiger partial charge is 0.262 e. The van der Waals surface area contributed by atoms with Crippen molar-refractivity contribution in [2.24, 2.45) is 0 Å². The molecule has 2 N–H and O–H groups in total. The van der Waals surface area contributed by atoms with Crippen LogP contribution in [0.5, 0.6) is 17.4 Å². The highest BCUT2D eigenvalue weighted by atomic mass is 16.5. The van der Waals surface area contributed by atoms with E-state index in [9.17, 15) is 0 Å². The molecule has 0 atom stereocenters. The molecule has 0 radical (unpaired) electrons. The predicted octanol–water partition coefficient (Wildman–Crippen LogP) is 5.76. The first-order chi connectivity index (χ1) is 19.3. The van der Waals surface area contributed by atoms with Gasteiger partial charge in [0.25, 0.3) is 5.88 Å². The Labute approximate surface area is 227 Å². The Morgan fingerprint density at radius 3 is 2.62 bits per heavy atom. The summed E-state index contributed by atoms with van der Waals surface area (Å²) in [6, 6.07) is 16.8. The number of nitrogens with one attached hydrogen (secondary N) is 2. The number of benzene rings is 2. The van der Waals surface area contributed by atoms with Crippen molar-refractivity contribution in [3.8, 4) is 28.9 Å². The maximum Gasteiger partial charge on any atom is 0.262 e. The fraction of sp³-hybridized carbons (Fsp3) is 0.367. The van der Waals surface area contributed by atoms with Gasteiger partial charge in [-0.2, -0.15) is 5.10 Å². The number of aromatic nitrogens is 5. The van der Waals surface area contributed by atoms with E-state index < -0.39 is 0 Å². The van der Waals surface area contributed by atoms with Crippen LogP contribution in [-0.4, -0.2) is 69.4 Å². The zero-order valence-electron chi connectivity index (χ0n) is 22.2. The monoisotopic (exact) mass is 523 g/mol. The number of rotatable bonds is 6. The Kier molecular flexibility index (Phi) is 6.28. The number of hydrogen-bond donors (Lipinski definition) is 2. The molecule has 2 fully saturated rings. The lowest BCUT2D eigenvalue weighted by Gasteiger charge is -2.41. The largest absolute Gasteiger partial charge is 0.491 e. The number of methoxy groups -OCH3 is 1. The molecule has 5 aromatic rings. The van der Waals surface area contributed by atoms with Gasteiger partial charge in [-0.1, -0.05) is 18.6 Å². The minimum atomic E-state index is 0.403. The molecule has 0 bridgehead atoms. The van der Waals surface area contributed by atoms with Gasteiger partial charge in [0.05, 0.1) is 18.1 Å². The number of nitrogens with zero attached hydrogens (tertiary/aromatic N) is 5. The Hall–Kier alpha value is -4.11. The minimum Gasteiger partial charge on any atom is -0.491 e. The van der Waals surface area contributed by atoms with Crippen LogP contribution in [0.3, 0.4) is 0 Å². The molecular formula is C30H33N7O2. The molecule has 0 aliphatic carbocycles. The number of aromatic amines is 2. The van der Waals surface area contributed by atoms with Gasteiger partial charge in [-0.25, -0.2) is 9.97 Å². The Morgan fingerprint density at radius 1 is 0.923 bits per heavy atom. The number of fused-ring (bicyclic) bond motifs is 2. The summed E-state index contributed by atoms with van der Waals surface area (Å²) < 4.78 is 11.5. The fourth-order valence-electron chi connectivity index (χ4n) is 6.07. The lowest BCUT2D eigenvalue weighted by Crippen LogP contribution is -2.46. The third-order valence-corrected chi connectivity index (χ3v) is 8.15. The van der Waals surface area contributed by atoms with Crippen molar-refractivity contribution in [3.63, 3.8) is 0 Å². The van der Waals surface area contributed by atoms with Crippen LogP contribution in [0.15, 0.2) is 54.7 Å². The summed E-state index contributed by atoms with van der Waals surface area (Å²) in [7, 11) is 1.60. The second kappa shape index (κ2) is 10.2. The molecule has 3 aromatic heterocycles. The average molecular weight is 524 g/mol. The lowest BCUT2D eigenvalue weighted by atomic mass is 9.99. The molecule has 7 rings (SSSR count). The molecule has 5 heterocycles. The van der Waals surface area contributed by atoms with Crippen LogP contribution < -0.4 is 14.4 Å². The van der Waals surface area contributed by atoms with Crippen molar-refractivity contribution in [2.45, 2.75) is 38.1 Å². The Balaban J connectivity index is 1.12. The first kappa shape index (κ1) is 24.0. The van der Waals surface area contributed by atoms with Crippen LogP contribution in [-0.2, 0) is 0 Å². The second-order valence-electron chi connectivity index (χ2n) is 10.5. The van der Waals surface area contributed by atoms with Gasteiger partial charge >= 0.3 is 0 Å². The molecule has 0 saturated carbocycles. The summed E-state index contributed by atoms with van der Waals surface area (Å²) in [5.41, 5.74) is 4.73. The SMILES string of the molecule is COc1cccnc1Oc1cccc2c(-c3nc4ccc(N5CCC(N6CCCCC6)CC5)cc4[nH]3)n[nH]c12. The van der Waals surface area contributed by atoms with E-state index in [1.165, 1.54) is 50.9 Å². The minimum absolute atomic E-state index is 0.403. The van der Waals surface area contributed by atoms with E-state index in [1.54, 1.807) is 13.3 Å². The molecule has 0 spiro atoms. The van der Waals surface area contributed by atoms with E-state index in [-0.39, 0.29) is 0 Å². The maximum absolute atomic E-state index is 6.10. The van der Waals surface area contributed by atoms with Gasteiger partial charge in [0.2, 0.25) is 0 Å². The van der Waals surface area contributed by atoms with E-state index in [1.807, 2.05) is 30.3 Å². The lowest BCUT2D eigenvalue weighted by molar-refractivity contribution is 0.141. The van der Waals surface area contributed by atoms with Gasteiger partial charge in [0, 0.05) is 36.4 Å². The summed E-state index contributed by atoms with van der Waals surface area (Å²) in [4.78, 5) is 17.9. The maximum atomic E-state index is 6.10. The highest BCUT2D eigenvalue weighted by Crippen LogP contribution is 2.36. The second-order valence-corrected chi connectivity index (χ2v) is 10.5. The van der Waals surface area contributed by atoms with Gasteiger partial charge in [-0.15, -0.1) is 0 Å². The number of H-pyrrole nitrogens is 2. The first-order valence-corrected chi connectivity index (χ1v) is 13.9. The third-order valence-electron chi connectivity index (χ3n) is 8.15. The van der Waals surface area contributed by atoms with E-state index >= 15 is 0 Å². The zero-order chi connectivity index (χ0) is 26.2. The van der Waals surface area contributed by atoms with E-state index in [0.717, 1.165) is 52.6 Å². The highest BCUT2D eigenvalue weighted by molar-refractivity contribution is 5.96. The van der Waals surface area contributed by atoms with Crippen LogP contribution in [0.1, 0.15) is 32.1 Å². The van der Waals surface area contributed by atoms with Crippen molar-refractivity contribution in [3.05, 3.63) is 54.7 Å². The molecule has 0 unspecified atom stereocenters. The topological polar surface area (TPSA) is 95.2 Å². The zero-order valence-corrected chi connectivity index (χ0v) is 22.2. The highest BCUT2D eigenvalue weighted by Gasteiger charge is 2.26. The van der Waals surface area contributed by atoms with Crippen molar-refractivity contribution in [1.82, 2.24) is 30.0 Å². The molecule has 9 nitrogen and oxygen atoms in total. The standard InChI is InChI=1S/C30H33N7O2/c1-38-26-9-6-14-31-30(26)39-25-8-5-7-22-27(25)34-35-28(22)29-32-23-11-10-21(19-24(23)33-29)37-17-12-20(13-18-37)36-15-3-2-4-16-36/h5-11,14,19-20H,2-4,12-13,15-18H2,1H3,(H,32,33)(H,34,35). The normalized spacial score (nSPS) is 17.2. The molecule has 2 aliphatic rings. The molecule has 2 saturated heterocycles. The van der Waals surface area contributed by atoms with Gasteiger partial charge < -0.3 is 24.3 Å². The van der Waals surface area contributed by atoms with E-state index in [0.29, 0.717) is 17.4 Å². The molecule has 2 aromatic carbocycles. The number of likely N-dealkylation sites (tertiary alicyclic amines) is 1. The van der Waals surface area contributed by atoms with Crippen LogP contribution in [0.2, 0.25) is 0 Å². The molecule has 2 aliphatic heterocycles. The molecular weight excluding hydrogens is 490 g/mol. The van der Waals surface area contributed by atoms with Gasteiger partial charge in [0.1, 0.15) is 11.2 Å². The number of para-hydroxylation sites is 1.